The molecule has 0 atom stereocenters. The van der Waals surface area contributed by atoms with E-state index in [4.69, 9.17) is 4.74 Å². The smallest absolute Gasteiger partial charge is 0.153 e. The molecule has 1 heterocycles. The SMILES string of the molecule is O=Cc1cn[nH]c1-c1ccc(OCc2ccccc2)cc1. The molecule has 1 N–H and O–H groups in total. The minimum absolute atomic E-state index is 0.532. The molecule has 4 nitrogen and oxygen atoms in total. The van der Waals surface area contributed by atoms with Crippen molar-refractivity contribution in [2.45, 2.75) is 6.61 Å². The van der Waals surface area contributed by atoms with Crippen molar-refractivity contribution in [3.05, 3.63) is 71.9 Å². The molecule has 0 amide bonds. The van der Waals surface area contributed by atoms with Gasteiger partial charge in [-0.2, -0.15) is 5.10 Å². The fraction of sp³-hybridized carbons (Fsp3) is 0.0588. The molecule has 0 aliphatic heterocycles. The summed E-state index contributed by atoms with van der Waals surface area (Å²) in [5.74, 6) is 0.787. The molecule has 1 aromatic heterocycles. The topological polar surface area (TPSA) is 55.0 Å². The second-order valence-electron chi connectivity index (χ2n) is 4.62. The summed E-state index contributed by atoms with van der Waals surface area (Å²) >= 11 is 0. The Balaban J connectivity index is 1.71. The summed E-state index contributed by atoms with van der Waals surface area (Å²) < 4.78 is 5.73. The van der Waals surface area contributed by atoms with Crippen LogP contribution in [0.25, 0.3) is 11.3 Å². The molecule has 0 spiro atoms. The molecular weight excluding hydrogens is 264 g/mol. The maximum atomic E-state index is 10.9. The number of aromatic amines is 1. The van der Waals surface area contributed by atoms with Crippen LogP contribution in [-0.2, 0) is 6.61 Å². The molecule has 0 radical (unpaired) electrons. The number of hydrogen-bond donors (Lipinski definition) is 1. The van der Waals surface area contributed by atoms with Crippen molar-refractivity contribution in [2.75, 3.05) is 0 Å². The summed E-state index contributed by atoms with van der Waals surface area (Å²) in [6.45, 7) is 0.532. The Morgan fingerprint density at radius 3 is 2.52 bits per heavy atom. The van der Waals surface area contributed by atoms with Crippen LogP contribution >= 0.6 is 0 Å². The summed E-state index contributed by atoms with van der Waals surface area (Å²) in [6.07, 6.45) is 2.31. The first-order valence-electron chi connectivity index (χ1n) is 6.62. The third-order valence-electron chi connectivity index (χ3n) is 3.19. The first kappa shape index (κ1) is 13.1. The zero-order valence-electron chi connectivity index (χ0n) is 11.3. The number of carbonyl (C=O) groups excluding carboxylic acids is 1. The third-order valence-corrected chi connectivity index (χ3v) is 3.19. The Morgan fingerprint density at radius 2 is 1.81 bits per heavy atom. The van der Waals surface area contributed by atoms with Gasteiger partial charge in [0.1, 0.15) is 12.4 Å². The fourth-order valence-electron chi connectivity index (χ4n) is 2.07. The van der Waals surface area contributed by atoms with E-state index in [1.165, 1.54) is 6.20 Å². The fourth-order valence-corrected chi connectivity index (χ4v) is 2.07. The zero-order valence-corrected chi connectivity index (χ0v) is 11.3. The van der Waals surface area contributed by atoms with Crippen LogP contribution in [0.2, 0.25) is 0 Å². The lowest BCUT2D eigenvalue weighted by Gasteiger charge is -2.07. The molecule has 3 aromatic rings. The number of hydrogen-bond acceptors (Lipinski definition) is 3. The van der Waals surface area contributed by atoms with Crippen LogP contribution in [0.1, 0.15) is 15.9 Å². The van der Waals surface area contributed by atoms with E-state index in [0.717, 1.165) is 28.9 Å². The summed E-state index contributed by atoms with van der Waals surface area (Å²) in [5.41, 5.74) is 3.30. The average Bonchev–Trinajstić information content (AvgIpc) is 3.03. The Kier molecular flexibility index (Phi) is 3.78. The highest BCUT2D eigenvalue weighted by molar-refractivity contribution is 5.85. The average molecular weight is 278 g/mol. The highest BCUT2D eigenvalue weighted by Crippen LogP contribution is 2.23. The van der Waals surface area contributed by atoms with Gasteiger partial charge >= 0.3 is 0 Å². The Morgan fingerprint density at radius 1 is 1.05 bits per heavy atom. The van der Waals surface area contributed by atoms with Crippen LogP contribution in [0.5, 0.6) is 5.75 Å². The van der Waals surface area contributed by atoms with Crippen molar-refractivity contribution in [3.8, 4) is 17.0 Å². The summed E-state index contributed by atoms with van der Waals surface area (Å²) in [6, 6.07) is 17.6. The second kappa shape index (κ2) is 6.05. The number of nitrogens with zero attached hydrogens (tertiary/aromatic N) is 1. The number of carbonyl (C=O) groups is 1. The molecule has 4 heteroatoms. The monoisotopic (exact) mass is 278 g/mol. The highest BCUT2D eigenvalue weighted by atomic mass is 16.5. The minimum Gasteiger partial charge on any atom is -0.489 e. The maximum Gasteiger partial charge on any atom is 0.153 e. The first-order valence-corrected chi connectivity index (χ1v) is 6.62. The predicted molar refractivity (Wildman–Crippen MR) is 80.2 cm³/mol. The van der Waals surface area contributed by atoms with Crippen LogP contribution < -0.4 is 4.74 Å². The Hall–Kier alpha value is -2.88. The van der Waals surface area contributed by atoms with Gasteiger partial charge < -0.3 is 4.74 Å². The molecule has 0 aliphatic carbocycles. The summed E-state index contributed by atoms with van der Waals surface area (Å²) in [4.78, 5) is 10.9. The first-order chi connectivity index (χ1) is 10.4. The van der Waals surface area contributed by atoms with Gasteiger partial charge in [-0.05, 0) is 29.8 Å². The maximum absolute atomic E-state index is 10.9. The number of ether oxygens (including phenoxy) is 1. The second-order valence-corrected chi connectivity index (χ2v) is 4.62. The molecule has 0 saturated carbocycles. The van der Waals surface area contributed by atoms with Gasteiger partial charge in [-0.1, -0.05) is 30.3 Å². The van der Waals surface area contributed by atoms with Crippen LogP contribution in [0.4, 0.5) is 0 Å². The van der Waals surface area contributed by atoms with Gasteiger partial charge in [0.05, 0.1) is 17.5 Å². The van der Waals surface area contributed by atoms with E-state index in [2.05, 4.69) is 10.2 Å². The number of aldehydes is 1. The third kappa shape index (κ3) is 3.00. The van der Waals surface area contributed by atoms with Crippen LogP contribution in [0.3, 0.4) is 0 Å². The van der Waals surface area contributed by atoms with Gasteiger partial charge in [0.2, 0.25) is 0 Å². The quantitative estimate of drug-likeness (QED) is 0.727. The molecule has 0 aliphatic rings. The van der Waals surface area contributed by atoms with E-state index in [-0.39, 0.29) is 0 Å². The molecule has 0 saturated heterocycles. The minimum atomic E-state index is 0.532. The van der Waals surface area contributed by atoms with Gasteiger partial charge in [-0.3, -0.25) is 9.89 Å². The van der Waals surface area contributed by atoms with Crippen molar-refractivity contribution >= 4 is 6.29 Å². The number of aromatic nitrogens is 2. The number of nitrogens with one attached hydrogen (secondary N) is 1. The van der Waals surface area contributed by atoms with E-state index in [9.17, 15) is 4.79 Å². The lowest BCUT2D eigenvalue weighted by atomic mass is 10.1. The molecule has 2 aromatic carbocycles. The zero-order chi connectivity index (χ0) is 14.5. The lowest BCUT2D eigenvalue weighted by Crippen LogP contribution is -1.94. The molecule has 0 fully saturated rings. The number of H-pyrrole nitrogens is 1. The Labute approximate surface area is 122 Å². The number of benzene rings is 2. The van der Waals surface area contributed by atoms with Gasteiger partial charge in [0, 0.05) is 5.56 Å². The van der Waals surface area contributed by atoms with E-state index >= 15 is 0 Å². The predicted octanol–water partition coefficient (Wildman–Crippen LogP) is 3.47. The van der Waals surface area contributed by atoms with Crippen LogP contribution in [-0.4, -0.2) is 16.5 Å². The van der Waals surface area contributed by atoms with E-state index in [0.29, 0.717) is 12.2 Å². The molecule has 21 heavy (non-hydrogen) atoms. The summed E-state index contributed by atoms with van der Waals surface area (Å²) in [7, 11) is 0. The van der Waals surface area contributed by atoms with Crippen molar-refractivity contribution < 1.29 is 9.53 Å². The lowest BCUT2D eigenvalue weighted by molar-refractivity contribution is 0.112. The normalized spacial score (nSPS) is 10.3. The number of rotatable bonds is 5. The van der Waals surface area contributed by atoms with Gasteiger partial charge in [-0.15, -0.1) is 0 Å². The van der Waals surface area contributed by atoms with Crippen LogP contribution in [0.15, 0.2) is 60.8 Å². The van der Waals surface area contributed by atoms with Gasteiger partial charge in [0.15, 0.2) is 6.29 Å². The van der Waals surface area contributed by atoms with E-state index in [1.54, 1.807) is 0 Å². The molecular formula is C17H14N2O2. The molecule has 0 unspecified atom stereocenters. The van der Waals surface area contributed by atoms with E-state index < -0.39 is 0 Å². The van der Waals surface area contributed by atoms with Gasteiger partial charge in [-0.25, -0.2) is 0 Å². The largest absolute Gasteiger partial charge is 0.489 e. The standard InChI is InChI=1S/C17H14N2O2/c20-11-15-10-18-19-17(15)14-6-8-16(9-7-14)21-12-13-4-2-1-3-5-13/h1-11H,12H2,(H,18,19). The van der Waals surface area contributed by atoms with Crippen LogP contribution in [0, 0.1) is 0 Å². The molecule has 3 rings (SSSR count). The van der Waals surface area contributed by atoms with Crippen molar-refractivity contribution in [1.82, 2.24) is 10.2 Å². The molecule has 104 valence electrons. The highest BCUT2D eigenvalue weighted by Gasteiger charge is 2.06. The van der Waals surface area contributed by atoms with Crippen molar-refractivity contribution in [1.29, 1.82) is 0 Å². The Bertz CT molecular complexity index is 718. The molecule has 0 bridgehead atoms. The van der Waals surface area contributed by atoms with E-state index in [1.807, 2.05) is 54.6 Å². The summed E-state index contributed by atoms with van der Waals surface area (Å²) in [5, 5.41) is 6.71. The van der Waals surface area contributed by atoms with Gasteiger partial charge in [0.25, 0.3) is 0 Å². The van der Waals surface area contributed by atoms with Crippen molar-refractivity contribution in [2.24, 2.45) is 0 Å². The van der Waals surface area contributed by atoms with Crippen molar-refractivity contribution in [3.63, 3.8) is 0 Å².